The van der Waals surface area contributed by atoms with Gasteiger partial charge in [0, 0.05) is 0 Å². The summed E-state index contributed by atoms with van der Waals surface area (Å²) in [7, 11) is 0. The summed E-state index contributed by atoms with van der Waals surface area (Å²) in [5, 5.41) is 0. The summed E-state index contributed by atoms with van der Waals surface area (Å²) in [6.07, 6.45) is 0.757. The fourth-order valence-electron chi connectivity index (χ4n) is 1.36. The third-order valence-electron chi connectivity index (χ3n) is 3.53. The Bertz CT molecular complexity index is 151. The lowest BCUT2D eigenvalue weighted by molar-refractivity contribution is -0.00641. The zero-order valence-corrected chi connectivity index (χ0v) is 13.9. The Balaban J connectivity index is 0. The predicted molar refractivity (Wildman–Crippen MR) is 79.4 cm³/mol. The summed E-state index contributed by atoms with van der Waals surface area (Å²) in [5.74, 6) is 3.19. The van der Waals surface area contributed by atoms with E-state index < -0.39 is 0 Å². The molecule has 0 saturated heterocycles. The molecule has 0 aromatic rings. The highest BCUT2D eigenvalue weighted by atomic mass is 16.5. The molecule has 1 heteroatoms. The van der Waals surface area contributed by atoms with Crippen molar-refractivity contribution in [3.05, 3.63) is 0 Å². The molecule has 17 heavy (non-hydrogen) atoms. The Morgan fingerprint density at radius 3 is 0.941 bits per heavy atom. The van der Waals surface area contributed by atoms with Gasteiger partial charge in [-0.15, -0.1) is 0 Å². The summed E-state index contributed by atoms with van der Waals surface area (Å²) in [5.41, 5.74) is 0. The van der Waals surface area contributed by atoms with Gasteiger partial charge in [0.2, 0.25) is 0 Å². The van der Waals surface area contributed by atoms with Gasteiger partial charge < -0.3 is 4.74 Å². The Hall–Kier alpha value is -0.0400. The number of hydrogen-bond acceptors (Lipinski definition) is 1. The van der Waals surface area contributed by atoms with Crippen LogP contribution in [0.25, 0.3) is 0 Å². The van der Waals surface area contributed by atoms with E-state index in [9.17, 15) is 0 Å². The van der Waals surface area contributed by atoms with Gasteiger partial charge in [-0.1, -0.05) is 48.5 Å². The van der Waals surface area contributed by atoms with Gasteiger partial charge in [0.15, 0.2) is 0 Å². The Morgan fingerprint density at radius 1 is 0.529 bits per heavy atom. The predicted octanol–water partition coefficient (Wildman–Crippen LogP) is 5.39. The van der Waals surface area contributed by atoms with Crippen molar-refractivity contribution in [3.63, 3.8) is 0 Å². The lowest BCUT2D eigenvalue weighted by Crippen LogP contribution is -2.19. The number of rotatable bonds is 5. The molecule has 0 aliphatic rings. The summed E-state index contributed by atoms with van der Waals surface area (Å²) < 4.78 is 5.51. The quantitative estimate of drug-likeness (QED) is 0.630. The van der Waals surface area contributed by atoms with Gasteiger partial charge in [-0.25, -0.2) is 0 Å². The van der Waals surface area contributed by atoms with E-state index >= 15 is 0 Å². The van der Waals surface area contributed by atoms with Crippen LogP contribution in [0.4, 0.5) is 0 Å². The molecule has 0 radical (unpaired) electrons. The van der Waals surface area contributed by atoms with Crippen molar-refractivity contribution < 1.29 is 4.74 Å². The lowest BCUT2D eigenvalue weighted by atomic mass is 9.88. The van der Waals surface area contributed by atoms with E-state index in [0.717, 1.165) is 17.8 Å². The van der Waals surface area contributed by atoms with Crippen molar-refractivity contribution in [1.82, 2.24) is 0 Å². The first-order chi connectivity index (χ1) is 7.59. The van der Waals surface area contributed by atoms with Crippen LogP contribution in [0.2, 0.25) is 0 Å². The Morgan fingerprint density at radius 2 is 0.882 bits per heavy atom. The molecule has 1 atom stereocenters. The molecule has 0 fully saturated rings. The molecule has 0 N–H and O–H groups in total. The third kappa shape index (κ3) is 12.2. The molecule has 0 aromatic heterocycles. The molecule has 0 aliphatic heterocycles. The highest BCUT2D eigenvalue weighted by Gasteiger charge is 2.09. The van der Waals surface area contributed by atoms with Crippen molar-refractivity contribution >= 4 is 0 Å². The van der Waals surface area contributed by atoms with Gasteiger partial charge in [0.1, 0.15) is 0 Å². The molecule has 0 amide bonds. The van der Waals surface area contributed by atoms with E-state index in [1.54, 1.807) is 0 Å². The Kier molecular flexibility index (Phi) is 11.3. The molecular formula is C16H36O. The van der Waals surface area contributed by atoms with Gasteiger partial charge in [0.05, 0.1) is 12.2 Å². The fourth-order valence-corrected chi connectivity index (χ4v) is 1.36. The second kappa shape index (κ2) is 9.94. The molecule has 0 bridgehead atoms. The van der Waals surface area contributed by atoms with E-state index in [4.69, 9.17) is 4.74 Å². The summed E-state index contributed by atoms with van der Waals surface area (Å²) in [4.78, 5) is 0. The van der Waals surface area contributed by atoms with Crippen LogP contribution in [-0.2, 0) is 4.74 Å². The topological polar surface area (TPSA) is 9.23 Å². The largest absolute Gasteiger partial charge is 0.376 e. The maximum absolute atomic E-state index is 5.51. The van der Waals surface area contributed by atoms with E-state index in [-0.39, 0.29) is 0 Å². The molecule has 0 aliphatic carbocycles. The van der Waals surface area contributed by atoms with Crippen molar-refractivity contribution in [2.45, 2.75) is 81.4 Å². The monoisotopic (exact) mass is 244 g/mol. The first-order valence-corrected chi connectivity index (χ1v) is 7.24. The average Bonchev–Trinajstić information content (AvgIpc) is 2.15. The average molecular weight is 244 g/mol. The van der Waals surface area contributed by atoms with E-state index in [1.807, 2.05) is 0 Å². The van der Waals surface area contributed by atoms with Crippen molar-refractivity contribution in [1.29, 1.82) is 0 Å². The van der Waals surface area contributed by atoms with Crippen LogP contribution >= 0.6 is 0 Å². The number of hydrogen-bond donors (Lipinski definition) is 0. The fraction of sp³-hybridized carbons (Fsp3) is 1.00. The first kappa shape index (κ1) is 19.3. The summed E-state index contributed by atoms with van der Waals surface area (Å²) in [6.45, 7) is 22.0. The van der Waals surface area contributed by atoms with E-state index in [0.29, 0.717) is 18.1 Å². The zero-order chi connectivity index (χ0) is 14.2. The van der Waals surface area contributed by atoms with Crippen molar-refractivity contribution in [3.8, 4) is 0 Å². The maximum Gasteiger partial charge on any atom is 0.0573 e. The minimum Gasteiger partial charge on any atom is -0.376 e. The molecular weight excluding hydrogens is 208 g/mol. The second-order valence-corrected chi connectivity index (χ2v) is 6.48. The normalized spacial score (nSPS) is 13.6. The maximum atomic E-state index is 5.51. The standard InChI is InChI=1S/C8H18O.C8H18/c1-6(2)8(5)9-7(3)4;1-6(2)8(5)7(3)4/h6-8H,1-5H3;6-8H,1-5H3. The molecule has 1 unspecified atom stereocenters. The first-order valence-electron chi connectivity index (χ1n) is 7.24. The minimum atomic E-state index is 0.363. The van der Waals surface area contributed by atoms with E-state index in [2.05, 4.69) is 69.2 Å². The van der Waals surface area contributed by atoms with Crippen LogP contribution in [0, 0.1) is 23.7 Å². The summed E-state index contributed by atoms with van der Waals surface area (Å²) in [6, 6.07) is 0. The molecule has 0 saturated carbocycles. The van der Waals surface area contributed by atoms with Crippen molar-refractivity contribution in [2.75, 3.05) is 0 Å². The van der Waals surface area contributed by atoms with Crippen LogP contribution in [0.3, 0.4) is 0 Å². The van der Waals surface area contributed by atoms with Gasteiger partial charge in [-0.3, -0.25) is 0 Å². The zero-order valence-electron chi connectivity index (χ0n) is 13.9. The third-order valence-corrected chi connectivity index (χ3v) is 3.53. The van der Waals surface area contributed by atoms with Crippen molar-refractivity contribution in [2.24, 2.45) is 23.7 Å². The summed E-state index contributed by atoms with van der Waals surface area (Å²) >= 11 is 0. The second-order valence-electron chi connectivity index (χ2n) is 6.48. The highest BCUT2D eigenvalue weighted by molar-refractivity contribution is 4.59. The number of ether oxygens (including phenoxy) is 1. The van der Waals surface area contributed by atoms with Crippen LogP contribution in [-0.4, -0.2) is 12.2 Å². The highest BCUT2D eigenvalue weighted by Crippen LogP contribution is 2.18. The lowest BCUT2D eigenvalue weighted by Gasteiger charge is -2.18. The molecule has 0 heterocycles. The smallest absolute Gasteiger partial charge is 0.0573 e. The van der Waals surface area contributed by atoms with Crippen LogP contribution in [0.5, 0.6) is 0 Å². The SMILES string of the molecule is CC(C)C(C)C(C)C.CC(C)OC(C)C(C)C. The van der Waals surface area contributed by atoms with Crippen LogP contribution in [0.1, 0.15) is 69.2 Å². The van der Waals surface area contributed by atoms with Crippen LogP contribution < -0.4 is 0 Å². The Labute approximate surface area is 110 Å². The van der Waals surface area contributed by atoms with Crippen LogP contribution in [0.15, 0.2) is 0 Å². The van der Waals surface area contributed by atoms with E-state index in [1.165, 1.54) is 0 Å². The molecule has 1 nitrogen and oxygen atoms in total. The van der Waals surface area contributed by atoms with Gasteiger partial charge in [0.25, 0.3) is 0 Å². The van der Waals surface area contributed by atoms with Gasteiger partial charge >= 0.3 is 0 Å². The molecule has 0 spiro atoms. The molecule has 0 rings (SSSR count). The van der Waals surface area contributed by atoms with Gasteiger partial charge in [-0.2, -0.15) is 0 Å². The minimum absolute atomic E-state index is 0.363. The molecule has 0 aromatic carbocycles. The molecule has 106 valence electrons. The van der Waals surface area contributed by atoms with Gasteiger partial charge in [-0.05, 0) is 44.4 Å².